The molecule has 0 spiro atoms. The van der Waals surface area contributed by atoms with Crippen molar-refractivity contribution in [3.05, 3.63) is 70.8 Å². The van der Waals surface area contributed by atoms with Crippen molar-refractivity contribution in [3.63, 3.8) is 0 Å². The summed E-state index contributed by atoms with van der Waals surface area (Å²) in [4.78, 5) is 0. The van der Waals surface area contributed by atoms with Crippen molar-refractivity contribution in [3.8, 4) is 0 Å². The molecule has 21 heavy (non-hydrogen) atoms. The quantitative estimate of drug-likeness (QED) is 0.830. The second-order valence-electron chi connectivity index (χ2n) is 6.69. The first-order chi connectivity index (χ1) is 10.1. The number of aliphatic hydroxyl groups is 1. The second-order valence-corrected chi connectivity index (χ2v) is 6.69. The van der Waals surface area contributed by atoms with E-state index in [0.29, 0.717) is 5.92 Å². The van der Waals surface area contributed by atoms with Crippen molar-refractivity contribution in [2.24, 2.45) is 5.92 Å². The molecule has 1 aliphatic rings. The standard InChI is InChI=1S/C20H24O/c1-14(2)12-15-4-3-5-19(13-15)20(21)18-10-8-17(9-11-18)16-6-7-16/h3-5,8-11,13-14,16,20-21H,6-7,12H2,1-2H3. The largest absolute Gasteiger partial charge is 0.384 e. The van der Waals surface area contributed by atoms with E-state index in [9.17, 15) is 5.11 Å². The highest BCUT2D eigenvalue weighted by molar-refractivity contribution is 5.35. The maximum atomic E-state index is 10.6. The average Bonchev–Trinajstić information content (AvgIpc) is 3.31. The Morgan fingerprint density at radius 2 is 1.71 bits per heavy atom. The van der Waals surface area contributed by atoms with E-state index in [0.717, 1.165) is 23.5 Å². The van der Waals surface area contributed by atoms with Gasteiger partial charge in [-0.1, -0.05) is 62.4 Å². The monoisotopic (exact) mass is 280 g/mol. The summed E-state index contributed by atoms with van der Waals surface area (Å²) in [6, 6.07) is 16.9. The van der Waals surface area contributed by atoms with Crippen LogP contribution < -0.4 is 0 Å². The molecule has 110 valence electrons. The minimum absolute atomic E-state index is 0.523. The minimum atomic E-state index is -0.523. The van der Waals surface area contributed by atoms with E-state index in [1.54, 1.807) is 0 Å². The van der Waals surface area contributed by atoms with Crippen molar-refractivity contribution in [2.75, 3.05) is 0 Å². The predicted molar refractivity (Wildman–Crippen MR) is 87.5 cm³/mol. The Morgan fingerprint density at radius 1 is 1.00 bits per heavy atom. The Balaban J connectivity index is 1.78. The van der Waals surface area contributed by atoms with Crippen LogP contribution in [0.4, 0.5) is 0 Å². The second kappa shape index (κ2) is 6.03. The molecule has 2 aromatic carbocycles. The van der Waals surface area contributed by atoms with Crippen LogP contribution in [0.2, 0.25) is 0 Å². The number of rotatable bonds is 5. The summed E-state index contributed by atoms with van der Waals surface area (Å²) >= 11 is 0. The molecule has 1 saturated carbocycles. The predicted octanol–water partition coefficient (Wildman–Crippen LogP) is 4.84. The molecule has 0 aromatic heterocycles. The third-order valence-corrected chi connectivity index (χ3v) is 4.21. The molecule has 0 bridgehead atoms. The number of hydrogen-bond donors (Lipinski definition) is 1. The van der Waals surface area contributed by atoms with Crippen LogP contribution in [-0.2, 0) is 6.42 Å². The van der Waals surface area contributed by atoms with Gasteiger partial charge in [0.2, 0.25) is 0 Å². The zero-order valence-corrected chi connectivity index (χ0v) is 12.9. The lowest BCUT2D eigenvalue weighted by atomic mass is 9.95. The van der Waals surface area contributed by atoms with Crippen molar-refractivity contribution < 1.29 is 5.11 Å². The van der Waals surface area contributed by atoms with Crippen LogP contribution in [-0.4, -0.2) is 5.11 Å². The van der Waals surface area contributed by atoms with Gasteiger partial charge in [0, 0.05) is 0 Å². The molecule has 1 N–H and O–H groups in total. The molecule has 2 aromatic rings. The van der Waals surface area contributed by atoms with E-state index in [-0.39, 0.29) is 0 Å². The van der Waals surface area contributed by atoms with E-state index in [1.165, 1.54) is 24.0 Å². The molecule has 0 radical (unpaired) electrons. The molecule has 0 aliphatic heterocycles. The fourth-order valence-electron chi connectivity index (χ4n) is 2.92. The van der Waals surface area contributed by atoms with Crippen LogP contribution in [0.15, 0.2) is 48.5 Å². The van der Waals surface area contributed by atoms with Gasteiger partial charge < -0.3 is 5.11 Å². The molecule has 1 aliphatic carbocycles. The van der Waals surface area contributed by atoms with Crippen molar-refractivity contribution in [2.45, 2.75) is 45.1 Å². The van der Waals surface area contributed by atoms with E-state index in [2.05, 4.69) is 56.3 Å². The Kier molecular flexibility index (Phi) is 4.12. The van der Waals surface area contributed by atoms with Gasteiger partial charge in [-0.05, 0) is 53.4 Å². The van der Waals surface area contributed by atoms with Crippen LogP contribution in [0.5, 0.6) is 0 Å². The highest BCUT2D eigenvalue weighted by atomic mass is 16.3. The molecule has 0 amide bonds. The van der Waals surface area contributed by atoms with Gasteiger partial charge >= 0.3 is 0 Å². The van der Waals surface area contributed by atoms with E-state index in [4.69, 9.17) is 0 Å². The fourth-order valence-corrected chi connectivity index (χ4v) is 2.92. The van der Waals surface area contributed by atoms with Gasteiger partial charge in [0.25, 0.3) is 0 Å². The SMILES string of the molecule is CC(C)Cc1cccc(C(O)c2ccc(C3CC3)cc2)c1. The first kappa shape index (κ1) is 14.3. The minimum Gasteiger partial charge on any atom is -0.384 e. The summed E-state index contributed by atoms with van der Waals surface area (Å²) in [7, 11) is 0. The number of benzene rings is 2. The Labute approximate surface area is 127 Å². The average molecular weight is 280 g/mol. The maximum Gasteiger partial charge on any atom is 0.104 e. The molecular formula is C20H24O. The first-order valence-electron chi connectivity index (χ1n) is 8.00. The molecule has 1 fully saturated rings. The van der Waals surface area contributed by atoms with Crippen LogP contribution in [0.1, 0.15) is 61.0 Å². The van der Waals surface area contributed by atoms with Crippen molar-refractivity contribution in [1.29, 1.82) is 0 Å². The third kappa shape index (κ3) is 3.54. The van der Waals surface area contributed by atoms with Gasteiger partial charge in [-0.3, -0.25) is 0 Å². The number of aliphatic hydroxyl groups excluding tert-OH is 1. The zero-order valence-electron chi connectivity index (χ0n) is 12.9. The molecule has 1 heteroatoms. The summed E-state index contributed by atoms with van der Waals surface area (Å²) in [5.74, 6) is 1.40. The van der Waals surface area contributed by atoms with Gasteiger partial charge in [-0.15, -0.1) is 0 Å². The third-order valence-electron chi connectivity index (χ3n) is 4.21. The van der Waals surface area contributed by atoms with Gasteiger partial charge in [0.15, 0.2) is 0 Å². The molecule has 0 saturated heterocycles. The van der Waals surface area contributed by atoms with E-state index >= 15 is 0 Å². The van der Waals surface area contributed by atoms with Gasteiger partial charge in [0.05, 0.1) is 0 Å². The summed E-state index contributed by atoms with van der Waals surface area (Å²) in [6.07, 6.45) is 3.17. The van der Waals surface area contributed by atoms with Crippen molar-refractivity contribution in [1.82, 2.24) is 0 Å². The zero-order chi connectivity index (χ0) is 14.8. The topological polar surface area (TPSA) is 20.2 Å². The summed E-state index contributed by atoms with van der Waals surface area (Å²) in [6.45, 7) is 4.44. The molecule has 0 heterocycles. The maximum absolute atomic E-state index is 10.6. The van der Waals surface area contributed by atoms with Gasteiger partial charge in [-0.2, -0.15) is 0 Å². The van der Waals surface area contributed by atoms with Gasteiger partial charge in [-0.25, -0.2) is 0 Å². The smallest absolute Gasteiger partial charge is 0.104 e. The highest BCUT2D eigenvalue weighted by Crippen LogP contribution is 2.40. The lowest BCUT2D eigenvalue weighted by Gasteiger charge is -2.14. The van der Waals surface area contributed by atoms with E-state index in [1.807, 2.05) is 6.07 Å². The Hall–Kier alpha value is -1.60. The highest BCUT2D eigenvalue weighted by Gasteiger charge is 2.23. The lowest BCUT2D eigenvalue weighted by molar-refractivity contribution is 0.220. The first-order valence-corrected chi connectivity index (χ1v) is 8.00. The molecule has 3 rings (SSSR count). The van der Waals surface area contributed by atoms with Crippen LogP contribution in [0.3, 0.4) is 0 Å². The van der Waals surface area contributed by atoms with Crippen LogP contribution >= 0.6 is 0 Å². The fraction of sp³-hybridized carbons (Fsp3) is 0.400. The number of hydrogen-bond acceptors (Lipinski definition) is 1. The van der Waals surface area contributed by atoms with Crippen LogP contribution in [0, 0.1) is 5.92 Å². The Bertz CT molecular complexity index is 593. The van der Waals surface area contributed by atoms with Crippen LogP contribution in [0.25, 0.3) is 0 Å². The van der Waals surface area contributed by atoms with Gasteiger partial charge in [0.1, 0.15) is 6.10 Å². The summed E-state index contributed by atoms with van der Waals surface area (Å²) in [5, 5.41) is 10.6. The molecule has 1 nitrogen and oxygen atoms in total. The van der Waals surface area contributed by atoms with Crippen molar-refractivity contribution >= 4 is 0 Å². The molecular weight excluding hydrogens is 256 g/mol. The summed E-state index contributed by atoms with van der Waals surface area (Å²) < 4.78 is 0. The van der Waals surface area contributed by atoms with E-state index < -0.39 is 6.10 Å². The summed E-state index contributed by atoms with van der Waals surface area (Å²) in [5.41, 5.74) is 4.70. The lowest BCUT2D eigenvalue weighted by Crippen LogP contribution is -2.02. The molecule has 1 unspecified atom stereocenters. The Morgan fingerprint density at radius 3 is 2.33 bits per heavy atom. The normalized spacial score (nSPS) is 16.2. The molecule has 1 atom stereocenters.